The van der Waals surface area contributed by atoms with Crippen LogP contribution in [-0.2, 0) is 4.74 Å². The number of thiophene rings is 1. The number of fused-ring (bicyclic) bond motifs is 1. The molecule has 1 N–H and O–H groups in total. The van der Waals surface area contributed by atoms with Crippen LogP contribution in [0.2, 0.25) is 5.28 Å². The minimum absolute atomic E-state index is 0.106. The molecule has 0 saturated heterocycles. The van der Waals surface area contributed by atoms with E-state index in [1.54, 1.807) is 14.0 Å². The van der Waals surface area contributed by atoms with E-state index < -0.39 is 0 Å². The number of esters is 1. The van der Waals surface area contributed by atoms with Gasteiger partial charge in [0.1, 0.15) is 21.3 Å². The summed E-state index contributed by atoms with van der Waals surface area (Å²) in [5, 5.41) is 4.08. The van der Waals surface area contributed by atoms with Crippen molar-refractivity contribution in [2.45, 2.75) is 13.8 Å². The molecule has 0 bridgehead atoms. The van der Waals surface area contributed by atoms with E-state index in [1.165, 1.54) is 11.3 Å². The fraction of sp³-hybridized carbons (Fsp3) is 0.235. The smallest absolute Gasteiger partial charge is 0.348 e. The molecule has 0 saturated carbocycles. The molecule has 0 radical (unpaired) electrons. The molecule has 3 aromatic rings. The Bertz CT molecular complexity index is 942. The molecule has 1 aromatic carbocycles. The van der Waals surface area contributed by atoms with E-state index in [9.17, 15) is 4.79 Å². The Kier molecular flexibility index (Phi) is 5.06. The molecule has 25 heavy (non-hydrogen) atoms. The molecule has 0 amide bonds. The largest absolute Gasteiger partial charge is 0.497 e. The lowest BCUT2D eigenvalue weighted by Crippen LogP contribution is -2.03. The van der Waals surface area contributed by atoms with Gasteiger partial charge in [-0.2, -0.15) is 4.98 Å². The van der Waals surface area contributed by atoms with Crippen LogP contribution in [0.3, 0.4) is 0 Å². The third-order valence-electron chi connectivity index (χ3n) is 3.56. The van der Waals surface area contributed by atoms with Crippen LogP contribution in [0.5, 0.6) is 5.75 Å². The molecule has 2 aromatic heterocycles. The molecule has 6 nitrogen and oxygen atoms in total. The Morgan fingerprint density at radius 1 is 1.36 bits per heavy atom. The van der Waals surface area contributed by atoms with Crippen molar-refractivity contribution in [2.75, 3.05) is 19.0 Å². The summed E-state index contributed by atoms with van der Waals surface area (Å²) in [5.74, 6) is 0.884. The van der Waals surface area contributed by atoms with Crippen molar-refractivity contribution in [1.29, 1.82) is 0 Å². The zero-order valence-electron chi connectivity index (χ0n) is 13.9. The van der Waals surface area contributed by atoms with Gasteiger partial charge < -0.3 is 14.8 Å². The zero-order valence-corrected chi connectivity index (χ0v) is 15.5. The van der Waals surface area contributed by atoms with Gasteiger partial charge in [-0.3, -0.25) is 0 Å². The lowest BCUT2D eigenvalue weighted by molar-refractivity contribution is 0.0531. The minimum atomic E-state index is -0.369. The summed E-state index contributed by atoms with van der Waals surface area (Å²) in [6.07, 6.45) is 0. The number of carbonyl (C=O) groups excluding carboxylic acids is 1. The van der Waals surface area contributed by atoms with Gasteiger partial charge in [0, 0.05) is 11.8 Å². The first-order chi connectivity index (χ1) is 12.0. The standard InChI is InChI=1S/C17H16ClN3O3S/c1-4-24-16(22)13-9(2)12-14(20-17(18)21-15(12)25-13)19-10-6-5-7-11(8-10)23-3/h5-8H,4H2,1-3H3,(H,19,20,21). The lowest BCUT2D eigenvalue weighted by atomic mass is 10.2. The quantitative estimate of drug-likeness (QED) is 0.518. The van der Waals surface area contributed by atoms with E-state index in [4.69, 9.17) is 21.1 Å². The molecule has 0 fully saturated rings. The highest BCUT2D eigenvalue weighted by Gasteiger charge is 2.21. The summed E-state index contributed by atoms with van der Waals surface area (Å²) in [4.78, 5) is 21.8. The van der Waals surface area contributed by atoms with Gasteiger partial charge in [-0.25, -0.2) is 9.78 Å². The molecular formula is C17H16ClN3O3S. The summed E-state index contributed by atoms with van der Waals surface area (Å²) in [6, 6.07) is 7.45. The Morgan fingerprint density at radius 3 is 2.88 bits per heavy atom. The molecule has 0 atom stereocenters. The van der Waals surface area contributed by atoms with E-state index in [2.05, 4.69) is 15.3 Å². The van der Waals surface area contributed by atoms with E-state index in [-0.39, 0.29) is 11.3 Å². The lowest BCUT2D eigenvalue weighted by Gasteiger charge is -2.09. The first-order valence-electron chi connectivity index (χ1n) is 7.58. The predicted octanol–water partition coefficient (Wildman–Crippen LogP) is 4.58. The summed E-state index contributed by atoms with van der Waals surface area (Å²) < 4.78 is 10.3. The fourth-order valence-electron chi connectivity index (χ4n) is 2.43. The predicted molar refractivity (Wildman–Crippen MR) is 99.4 cm³/mol. The van der Waals surface area contributed by atoms with Gasteiger partial charge >= 0.3 is 5.97 Å². The maximum Gasteiger partial charge on any atom is 0.348 e. The molecular weight excluding hydrogens is 362 g/mol. The molecule has 3 rings (SSSR count). The molecule has 0 spiro atoms. The Labute approximate surface area is 153 Å². The highest BCUT2D eigenvalue weighted by Crippen LogP contribution is 2.36. The number of nitrogens with one attached hydrogen (secondary N) is 1. The molecule has 0 aliphatic rings. The van der Waals surface area contributed by atoms with E-state index in [0.29, 0.717) is 22.1 Å². The number of nitrogens with zero attached hydrogens (tertiary/aromatic N) is 2. The van der Waals surface area contributed by atoms with Crippen molar-refractivity contribution < 1.29 is 14.3 Å². The number of aryl methyl sites for hydroxylation is 1. The molecule has 2 heterocycles. The molecule has 8 heteroatoms. The van der Waals surface area contributed by atoms with Crippen LogP contribution in [0.25, 0.3) is 10.2 Å². The maximum absolute atomic E-state index is 12.1. The number of halogens is 1. The molecule has 130 valence electrons. The second-order valence-corrected chi connectivity index (χ2v) is 6.49. The van der Waals surface area contributed by atoms with Gasteiger partial charge in [0.25, 0.3) is 0 Å². The summed E-state index contributed by atoms with van der Waals surface area (Å²) in [5.41, 5.74) is 1.55. The van der Waals surface area contributed by atoms with Gasteiger partial charge in [0.15, 0.2) is 0 Å². The van der Waals surface area contributed by atoms with E-state index in [0.717, 1.165) is 22.4 Å². The average Bonchev–Trinajstić information content (AvgIpc) is 2.92. The first kappa shape index (κ1) is 17.4. The summed E-state index contributed by atoms with van der Waals surface area (Å²) in [7, 11) is 1.60. The van der Waals surface area contributed by atoms with Crippen molar-refractivity contribution in [3.63, 3.8) is 0 Å². The number of rotatable bonds is 5. The van der Waals surface area contributed by atoms with Crippen LogP contribution in [-0.4, -0.2) is 29.7 Å². The van der Waals surface area contributed by atoms with Crippen LogP contribution in [0.1, 0.15) is 22.2 Å². The van der Waals surface area contributed by atoms with E-state index >= 15 is 0 Å². The Morgan fingerprint density at radius 2 is 2.16 bits per heavy atom. The SMILES string of the molecule is CCOC(=O)c1sc2nc(Cl)nc(Nc3cccc(OC)c3)c2c1C. The molecule has 0 aliphatic carbocycles. The monoisotopic (exact) mass is 377 g/mol. The van der Waals surface area contributed by atoms with Crippen LogP contribution in [0, 0.1) is 6.92 Å². The number of methoxy groups -OCH3 is 1. The van der Waals surface area contributed by atoms with Gasteiger partial charge in [-0.15, -0.1) is 11.3 Å². The third kappa shape index (κ3) is 3.52. The Balaban J connectivity index is 2.09. The number of hydrogen-bond donors (Lipinski definition) is 1. The normalized spacial score (nSPS) is 10.7. The van der Waals surface area contributed by atoms with Crippen molar-refractivity contribution in [3.05, 3.63) is 40.0 Å². The third-order valence-corrected chi connectivity index (χ3v) is 4.89. The van der Waals surface area contributed by atoms with Crippen LogP contribution in [0.4, 0.5) is 11.5 Å². The highest BCUT2D eigenvalue weighted by molar-refractivity contribution is 7.20. The first-order valence-corrected chi connectivity index (χ1v) is 8.77. The summed E-state index contributed by atoms with van der Waals surface area (Å²) in [6.45, 7) is 3.93. The second-order valence-electron chi connectivity index (χ2n) is 5.16. The van der Waals surface area contributed by atoms with Gasteiger partial charge in [0.2, 0.25) is 5.28 Å². The average molecular weight is 378 g/mol. The number of benzene rings is 1. The van der Waals surface area contributed by atoms with Gasteiger partial charge in [-0.05, 0) is 43.1 Å². The minimum Gasteiger partial charge on any atom is -0.497 e. The van der Waals surface area contributed by atoms with Crippen molar-refractivity contribution in [2.24, 2.45) is 0 Å². The van der Waals surface area contributed by atoms with Crippen LogP contribution in [0.15, 0.2) is 24.3 Å². The Hall–Kier alpha value is -2.38. The fourth-order valence-corrected chi connectivity index (χ4v) is 3.73. The zero-order chi connectivity index (χ0) is 18.0. The number of hydrogen-bond acceptors (Lipinski definition) is 7. The van der Waals surface area contributed by atoms with Crippen molar-refractivity contribution in [1.82, 2.24) is 9.97 Å². The van der Waals surface area contributed by atoms with Crippen LogP contribution < -0.4 is 10.1 Å². The van der Waals surface area contributed by atoms with Crippen molar-refractivity contribution >= 4 is 50.6 Å². The summed E-state index contributed by atoms with van der Waals surface area (Å²) >= 11 is 7.30. The maximum atomic E-state index is 12.1. The van der Waals surface area contributed by atoms with Gasteiger partial charge in [0.05, 0.1) is 19.1 Å². The van der Waals surface area contributed by atoms with Crippen LogP contribution >= 0.6 is 22.9 Å². The number of aromatic nitrogens is 2. The van der Waals surface area contributed by atoms with E-state index in [1.807, 2.05) is 31.2 Å². The highest BCUT2D eigenvalue weighted by atomic mass is 35.5. The number of ether oxygens (including phenoxy) is 2. The number of anilines is 2. The van der Waals surface area contributed by atoms with Gasteiger partial charge in [-0.1, -0.05) is 6.07 Å². The molecule has 0 unspecified atom stereocenters. The topological polar surface area (TPSA) is 73.3 Å². The van der Waals surface area contributed by atoms with Crippen molar-refractivity contribution in [3.8, 4) is 5.75 Å². The molecule has 0 aliphatic heterocycles. The second kappa shape index (κ2) is 7.25. The number of carbonyl (C=O) groups is 1.